The summed E-state index contributed by atoms with van der Waals surface area (Å²) in [7, 11) is 0. The third-order valence-corrected chi connectivity index (χ3v) is 4.97. The van der Waals surface area contributed by atoms with E-state index in [-0.39, 0.29) is 0 Å². The molecule has 0 aromatic carbocycles. The Morgan fingerprint density at radius 2 is 1.71 bits per heavy atom. The molecule has 0 radical (unpaired) electrons. The Hall–Kier alpha value is -2.69. The second-order valence-electron chi connectivity index (χ2n) is 6.98. The highest BCUT2D eigenvalue weighted by atomic mass is 19.4. The minimum absolute atomic E-state index is 0.291. The Kier molecular flexibility index (Phi) is 5.28. The van der Waals surface area contributed by atoms with Gasteiger partial charge in [-0.3, -0.25) is 10.1 Å². The first-order chi connectivity index (χ1) is 13.1. The molecule has 3 N–H and O–H groups in total. The number of fused-ring (bicyclic) bond motifs is 1. The van der Waals surface area contributed by atoms with Crippen molar-refractivity contribution in [1.82, 2.24) is 19.9 Å². The maximum Gasteiger partial charge on any atom is 0.490 e. The number of aliphatic carboxylic acids is 2. The van der Waals surface area contributed by atoms with E-state index < -0.39 is 23.7 Å². The van der Waals surface area contributed by atoms with Gasteiger partial charge in [-0.2, -0.15) is 18.3 Å². The van der Waals surface area contributed by atoms with Crippen molar-refractivity contribution in [2.24, 2.45) is 11.8 Å². The predicted molar refractivity (Wildman–Crippen MR) is 89.3 cm³/mol. The summed E-state index contributed by atoms with van der Waals surface area (Å²) >= 11 is 0. The lowest BCUT2D eigenvalue weighted by Crippen LogP contribution is -2.55. The highest BCUT2D eigenvalue weighted by Gasteiger charge is 2.59. The van der Waals surface area contributed by atoms with E-state index >= 15 is 0 Å². The second kappa shape index (κ2) is 7.38. The van der Waals surface area contributed by atoms with Gasteiger partial charge in [-0.1, -0.05) is 0 Å². The number of rotatable bonds is 6. The van der Waals surface area contributed by atoms with Gasteiger partial charge in [0.25, 0.3) is 0 Å². The number of hydrogen-bond donors (Lipinski definition) is 3. The maximum atomic E-state index is 11.9. The summed E-state index contributed by atoms with van der Waals surface area (Å²) in [5.74, 6) is -2.86. The van der Waals surface area contributed by atoms with Gasteiger partial charge in [0.05, 0.1) is 0 Å². The second-order valence-corrected chi connectivity index (χ2v) is 6.98. The number of hydrogen-bond acceptors (Lipinski definition) is 5. The Bertz CT molecular complexity index is 863. The molecule has 2 saturated carbocycles. The molecule has 0 spiro atoms. The van der Waals surface area contributed by atoms with E-state index in [1.807, 2.05) is 18.3 Å². The molecule has 2 aliphatic carbocycles. The molecule has 152 valence electrons. The van der Waals surface area contributed by atoms with Gasteiger partial charge in [-0.15, -0.1) is 0 Å². The van der Waals surface area contributed by atoms with Crippen LogP contribution >= 0.6 is 0 Å². The minimum atomic E-state index is -5.08. The third-order valence-electron chi connectivity index (χ3n) is 4.97. The molecule has 2 aliphatic rings. The van der Waals surface area contributed by atoms with Crippen molar-refractivity contribution in [1.29, 1.82) is 0 Å². The van der Waals surface area contributed by atoms with Crippen molar-refractivity contribution in [2.75, 3.05) is 0 Å². The van der Waals surface area contributed by atoms with Crippen LogP contribution in [0.25, 0.3) is 5.65 Å². The number of nitrogens with zero attached hydrogens (tertiary/aromatic N) is 3. The molecule has 2 heterocycles. The lowest BCUT2D eigenvalue weighted by atomic mass is 9.87. The molecule has 0 aliphatic heterocycles. The minimum Gasteiger partial charge on any atom is -0.480 e. The summed E-state index contributed by atoms with van der Waals surface area (Å²) in [5.41, 5.74) is 1.11. The Morgan fingerprint density at radius 3 is 2.18 bits per heavy atom. The Labute approximate surface area is 157 Å². The highest BCUT2D eigenvalue weighted by molar-refractivity contribution is 5.81. The standard InChI is InChI=1S/C15H18N4O2.C2HF3O2/c20-14(21)15(11-1-2-11,12-3-4-12)17-8-10-5-6-19-13(7-10)16-9-18-19;3-2(4,5)1(6)7/h5-7,9,11-12,17H,1-4,8H2,(H,20,21);(H,6,7). The van der Waals surface area contributed by atoms with Gasteiger partial charge in [0.2, 0.25) is 0 Å². The van der Waals surface area contributed by atoms with Crippen molar-refractivity contribution in [3.05, 3.63) is 30.2 Å². The zero-order valence-electron chi connectivity index (χ0n) is 14.7. The van der Waals surface area contributed by atoms with E-state index in [9.17, 15) is 23.1 Å². The first-order valence-corrected chi connectivity index (χ1v) is 8.71. The van der Waals surface area contributed by atoms with Crippen molar-refractivity contribution in [3.63, 3.8) is 0 Å². The lowest BCUT2D eigenvalue weighted by Gasteiger charge is -2.31. The third kappa shape index (κ3) is 4.24. The van der Waals surface area contributed by atoms with Crippen molar-refractivity contribution >= 4 is 17.6 Å². The number of aromatic nitrogens is 3. The van der Waals surface area contributed by atoms with Gasteiger partial charge in [0.1, 0.15) is 11.9 Å². The van der Waals surface area contributed by atoms with Crippen molar-refractivity contribution < 1.29 is 33.0 Å². The molecule has 0 saturated heterocycles. The maximum absolute atomic E-state index is 11.9. The molecule has 11 heteroatoms. The number of halogens is 3. The molecule has 2 aromatic rings. The number of alkyl halides is 3. The summed E-state index contributed by atoms with van der Waals surface area (Å²) in [6.45, 7) is 0.558. The van der Waals surface area contributed by atoms with Crippen LogP contribution in [0.3, 0.4) is 0 Å². The summed E-state index contributed by atoms with van der Waals surface area (Å²) in [6.07, 6.45) is 2.40. The molecule has 8 nitrogen and oxygen atoms in total. The molecular weight excluding hydrogens is 381 g/mol. The van der Waals surface area contributed by atoms with Gasteiger partial charge in [-0.05, 0) is 55.2 Å². The molecular formula is C17H19F3N4O4. The fourth-order valence-corrected chi connectivity index (χ4v) is 3.34. The molecule has 28 heavy (non-hydrogen) atoms. The van der Waals surface area contributed by atoms with E-state index in [4.69, 9.17) is 9.90 Å². The molecule has 0 amide bonds. The monoisotopic (exact) mass is 400 g/mol. The number of nitrogens with one attached hydrogen (secondary N) is 1. The number of carboxylic acid groups (broad SMARTS) is 2. The summed E-state index contributed by atoms with van der Waals surface area (Å²) in [5, 5.41) is 24.3. The van der Waals surface area contributed by atoms with Crippen LogP contribution in [0.15, 0.2) is 24.7 Å². The van der Waals surface area contributed by atoms with Crippen molar-refractivity contribution in [3.8, 4) is 0 Å². The number of carbonyl (C=O) groups is 2. The summed E-state index contributed by atoms with van der Waals surface area (Å²) in [4.78, 5) is 24.9. The summed E-state index contributed by atoms with van der Waals surface area (Å²) < 4.78 is 33.4. The fraction of sp³-hybridized carbons (Fsp3) is 0.529. The van der Waals surface area contributed by atoms with Crippen LogP contribution in [0.1, 0.15) is 31.2 Å². The topological polar surface area (TPSA) is 117 Å². The fourth-order valence-electron chi connectivity index (χ4n) is 3.34. The molecule has 0 atom stereocenters. The van der Waals surface area contributed by atoms with E-state index in [1.165, 1.54) is 6.33 Å². The summed E-state index contributed by atoms with van der Waals surface area (Å²) in [6, 6.07) is 3.91. The Morgan fingerprint density at radius 1 is 1.14 bits per heavy atom. The smallest absolute Gasteiger partial charge is 0.480 e. The average Bonchev–Trinajstić information content (AvgIpc) is 3.54. The average molecular weight is 400 g/mol. The van der Waals surface area contributed by atoms with Gasteiger partial charge >= 0.3 is 18.1 Å². The zero-order chi connectivity index (χ0) is 20.5. The largest absolute Gasteiger partial charge is 0.490 e. The van der Waals surface area contributed by atoms with E-state index in [0.29, 0.717) is 18.4 Å². The molecule has 2 fully saturated rings. The van der Waals surface area contributed by atoms with Gasteiger partial charge in [-0.25, -0.2) is 14.3 Å². The van der Waals surface area contributed by atoms with Crippen LogP contribution in [0.4, 0.5) is 13.2 Å². The van der Waals surface area contributed by atoms with Crippen molar-refractivity contribution in [2.45, 2.75) is 43.9 Å². The van der Waals surface area contributed by atoms with E-state index in [1.54, 1.807) is 4.52 Å². The van der Waals surface area contributed by atoms with Crippen LogP contribution in [0.5, 0.6) is 0 Å². The molecule has 0 bridgehead atoms. The van der Waals surface area contributed by atoms with Crippen LogP contribution in [-0.4, -0.2) is 48.5 Å². The number of pyridine rings is 1. The first kappa shape index (κ1) is 20.1. The predicted octanol–water partition coefficient (Wildman–Crippen LogP) is 2.10. The number of carboxylic acids is 2. The SMILES string of the molecule is O=C(O)C(F)(F)F.O=C(O)C(NCc1ccn2ncnc2c1)(C1CC1)C1CC1. The Balaban J connectivity index is 0.000000279. The van der Waals surface area contributed by atoms with Crippen LogP contribution in [0.2, 0.25) is 0 Å². The van der Waals surface area contributed by atoms with Crippen LogP contribution in [-0.2, 0) is 16.1 Å². The first-order valence-electron chi connectivity index (χ1n) is 8.71. The highest BCUT2D eigenvalue weighted by Crippen LogP contribution is 2.52. The van der Waals surface area contributed by atoms with Crippen LogP contribution in [0, 0.1) is 11.8 Å². The normalized spacial score (nSPS) is 17.1. The van der Waals surface area contributed by atoms with E-state index in [0.717, 1.165) is 36.9 Å². The van der Waals surface area contributed by atoms with Gasteiger partial charge < -0.3 is 10.2 Å². The lowest BCUT2D eigenvalue weighted by molar-refractivity contribution is -0.192. The molecule has 4 rings (SSSR count). The van der Waals surface area contributed by atoms with E-state index in [2.05, 4.69) is 15.4 Å². The quantitative estimate of drug-likeness (QED) is 0.680. The van der Waals surface area contributed by atoms with Gasteiger partial charge in [0, 0.05) is 12.7 Å². The molecule has 0 unspecified atom stereocenters. The zero-order valence-corrected chi connectivity index (χ0v) is 14.7. The van der Waals surface area contributed by atoms with Gasteiger partial charge in [0.15, 0.2) is 5.65 Å². The molecule has 2 aromatic heterocycles. The van der Waals surface area contributed by atoms with Crippen LogP contribution < -0.4 is 5.32 Å².